The van der Waals surface area contributed by atoms with E-state index < -0.39 is 0 Å². The van der Waals surface area contributed by atoms with E-state index in [-0.39, 0.29) is 23.7 Å². The van der Waals surface area contributed by atoms with Crippen LogP contribution >= 0.6 is 0 Å². The van der Waals surface area contributed by atoms with E-state index >= 15 is 0 Å². The number of hydrogen-bond donors (Lipinski definition) is 3. The highest BCUT2D eigenvalue weighted by molar-refractivity contribution is 5.94. The van der Waals surface area contributed by atoms with Crippen LogP contribution in [0.2, 0.25) is 0 Å². The Balaban J connectivity index is 1.22. The first kappa shape index (κ1) is 32.1. The minimum absolute atomic E-state index is 0.115. The van der Waals surface area contributed by atoms with Crippen LogP contribution in [0, 0.1) is 11.7 Å². The van der Waals surface area contributed by atoms with Crippen LogP contribution in [0.15, 0.2) is 91.0 Å². The molecule has 244 valence electrons. The Morgan fingerprint density at radius 2 is 1.45 bits per heavy atom. The lowest BCUT2D eigenvalue weighted by Gasteiger charge is -2.38. The monoisotopic (exact) mass is 634 g/mol. The first-order valence-corrected chi connectivity index (χ1v) is 16.5. The highest BCUT2D eigenvalue weighted by atomic mass is 19.1. The largest absolute Gasteiger partial charge is 0.368 e. The molecule has 4 aromatic carbocycles. The molecule has 2 fully saturated rings. The number of nitrogens with two attached hydrogens (primary N) is 1. The lowest BCUT2D eigenvalue weighted by molar-refractivity contribution is -0.133. The van der Waals surface area contributed by atoms with E-state index in [0.717, 1.165) is 83.9 Å². The molecule has 0 spiro atoms. The van der Waals surface area contributed by atoms with E-state index in [2.05, 4.69) is 62.9 Å². The highest BCUT2D eigenvalue weighted by Gasteiger charge is 2.33. The zero-order chi connectivity index (χ0) is 32.8. The topological polar surface area (TPSA) is 93.9 Å². The van der Waals surface area contributed by atoms with Crippen molar-refractivity contribution in [2.45, 2.75) is 39.4 Å². The fourth-order valence-corrected chi connectivity index (χ4v) is 6.22. The second kappa shape index (κ2) is 14.7. The smallest absolute Gasteiger partial charge is 0.319 e. The van der Waals surface area contributed by atoms with Gasteiger partial charge in [0.15, 0.2) is 0 Å². The molecule has 0 atom stereocenters. The first-order chi connectivity index (χ1) is 22.9. The summed E-state index contributed by atoms with van der Waals surface area (Å²) in [6, 6.07) is 29.0. The Morgan fingerprint density at radius 3 is 2.13 bits per heavy atom. The number of amides is 3. The summed E-state index contributed by atoms with van der Waals surface area (Å²) in [4.78, 5) is 32.6. The number of halogens is 1. The van der Waals surface area contributed by atoms with E-state index in [1.165, 1.54) is 12.1 Å². The fraction of sp³-hybridized carbons (Fsp3) is 0.316. The minimum atomic E-state index is -0.252. The van der Waals surface area contributed by atoms with E-state index in [0.29, 0.717) is 26.2 Å². The summed E-state index contributed by atoms with van der Waals surface area (Å²) in [7, 11) is 0. The van der Waals surface area contributed by atoms with Gasteiger partial charge in [-0.3, -0.25) is 4.79 Å². The summed E-state index contributed by atoms with van der Waals surface area (Å²) in [5.41, 5.74) is 13.7. The van der Waals surface area contributed by atoms with Gasteiger partial charge in [-0.2, -0.15) is 0 Å². The van der Waals surface area contributed by atoms with Crippen molar-refractivity contribution in [3.05, 3.63) is 114 Å². The Labute approximate surface area is 276 Å². The standard InChI is InChI=1S/C38H43FN6O2/c1-2-41-38(47)42-35-23-32(11-16-36(35)44-19-17-43(18-20-44)34-14-12-33(39)13-15-34)31-8-4-7-29(22-31)26-45(37(46)30-9-10-30)25-28-6-3-5-27(21-28)24-40/h3-8,11-16,21-23,30H,2,9-10,17-20,24-26,40H2,1H3,(H2,41,42,47). The van der Waals surface area contributed by atoms with Crippen LogP contribution in [0.25, 0.3) is 11.1 Å². The third-order valence-electron chi connectivity index (χ3n) is 8.87. The van der Waals surface area contributed by atoms with Gasteiger partial charge >= 0.3 is 6.03 Å². The molecule has 47 heavy (non-hydrogen) atoms. The second-order valence-electron chi connectivity index (χ2n) is 12.4. The van der Waals surface area contributed by atoms with Gasteiger partial charge in [0.1, 0.15) is 5.82 Å². The summed E-state index contributed by atoms with van der Waals surface area (Å²) in [5, 5.41) is 5.92. The van der Waals surface area contributed by atoms with Gasteiger partial charge in [0.2, 0.25) is 5.91 Å². The number of piperazine rings is 1. The maximum atomic E-state index is 13.5. The van der Waals surface area contributed by atoms with Crippen molar-refractivity contribution in [2.24, 2.45) is 11.7 Å². The normalized spacial score (nSPS) is 14.5. The number of urea groups is 1. The molecule has 1 heterocycles. The summed E-state index contributed by atoms with van der Waals surface area (Å²) in [5.74, 6) is 0.0755. The van der Waals surface area contributed by atoms with Crippen LogP contribution in [-0.4, -0.2) is 49.6 Å². The van der Waals surface area contributed by atoms with E-state index in [9.17, 15) is 14.0 Å². The molecule has 0 bridgehead atoms. The van der Waals surface area contributed by atoms with Crippen molar-refractivity contribution in [1.29, 1.82) is 0 Å². The van der Waals surface area contributed by atoms with E-state index in [1.807, 2.05) is 48.2 Å². The van der Waals surface area contributed by atoms with Gasteiger partial charge in [0.25, 0.3) is 0 Å². The molecule has 1 aliphatic carbocycles. The van der Waals surface area contributed by atoms with Crippen LogP contribution in [-0.2, 0) is 24.4 Å². The van der Waals surface area contributed by atoms with Crippen LogP contribution < -0.4 is 26.2 Å². The summed E-state index contributed by atoms with van der Waals surface area (Å²) in [6.45, 7) is 7.01. The Morgan fingerprint density at radius 1 is 0.809 bits per heavy atom. The second-order valence-corrected chi connectivity index (χ2v) is 12.4. The average Bonchev–Trinajstić information content (AvgIpc) is 3.94. The molecule has 1 saturated heterocycles. The zero-order valence-electron chi connectivity index (χ0n) is 26.9. The van der Waals surface area contributed by atoms with Gasteiger partial charge in [-0.05, 0) is 90.0 Å². The van der Waals surface area contributed by atoms with Crippen molar-refractivity contribution < 1.29 is 14.0 Å². The van der Waals surface area contributed by atoms with Crippen LogP contribution in [0.3, 0.4) is 0 Å². The number of hydrogen-bond acceptors (Lipinski definition) is 5. The molecule has 0 radical (unpaired) electrons. The molecular weight excluding hydrogens is 591 g/mol. The van der Waals surface area contributed by atoms with Crippen molar-refractivity contribution in [3.8, 4) is 11.1 Å². The van der Waals surface area contributed by atoms with Crippen LogP contribution in [0.4, 0.5) is 26.2 Å². The molecule has 9 heteroatoms. The fourth-order valence-electron chi connectivity index (χ4n) is 6.22. The van der Waals surface area contributed by atoms with E-state index in [4.69, 9.17) is 5.73 Å². The van der Waals surface area contributed by atoms with Gasteiger partial charge in [0, 0.05) is 64.0 Å². The first-order valence-electron chi connectivity index (χ1n) is 16.5. The number of benzene rings is 4. The lowest BCUT2D eigenvalue weighted by atomic mass is 10.0. The van der Waals surface area contributed by atoms with Gasteiger partial charge in [-0.1, -0.05) is 48.5 Å². The number of carbonyl (C=O) groups excluding carboxylic acids is 2. The van der Waals surface area contributed by atoms with Gasteiger partial charge < -0.3 is 31.1 Å². The minimum Gasteiger partial charge on any atom is -0.368 e. The number of anilines is 3. The third-order valence-corrected chi connectivity index (χ3v) is 8.87. The van der Waals surface area contributed by atoms with Crippen molar-refractivity contribution in [2.75, 3.05) is 47.8 Å². The molecule has 3 amide bonds. The molecule has 6 rings (SSSR count). The predicted molar refractivity (Wildman–Crippen MR) is 187 cm³/mol. The number of nitrogens with zero attached hydrogens (tertiary/aromatic N) is 3. The Hall–Kier alpha value is -4.89. The van der Waals surface area contributed by atoms with E-state index in [1.54, 1.807) is 0 Å². The highest BCUT2D eigenvalue weighted by Crippen LogP contribution is 2.35. The van der Waals surface area contributed by atoms with Crippen molar-refractivity contribution in [3.63, 3.8) is 0 Å². The Bertz CT molecular complexity index is 1700. The average molecular weight is 635 g/mol. The third kappa shape index (κ3) is 8.10. The summed E-state index contributed by atoms with van der Waals surface area (Å²) in [6.07, 6.45) is 1.90. The maximum absolute atomic E-state index is 13.5. The van der Waals surface area contributed by atoms with Crippen LogP contribution in [0.5, 0.6) is 0 Å². The molecule has 0 aromatic heterocycles. The van der Waals surface area contributed by atoms with Crippen molar-refractivity contribution >= 4 is 29.0 Å². The van der Waals surface area contributed by atoms with Gasteiger partial charge in [0.05, 0.1) is 11.4 Å². The molecule has 8 nitrogen and oxygen atoms in total. The number of rotatable bonds is 11. The molecule has 0 unspecified atom stereocenters. The Kier molecular flexibility index (Phi) is 10.0. The maximum Gasteiger partial charge on any atom is 0.319 e. The summed E-state index contributed by atoms with van der Waals surface area (Å²) < 4.78 is 13.5. The quantitative estimate of drug-likeness (QED) is 0.179. The molecule has 4 aromatic rings. The molecule has 2 aliphatic rings. The number of carbonyl (C=O) groups is 2. The molecule has 1 aliphatic heterocycles. The number of nitrogens with one attached hydrogen (secondary N) is 2. The van der Waals surface area contributed by atoms with Crippen LogP contribution in [0.1, 0.15) is 36.5 Å². The molecule has 1 saturated carbocycles. The lowest BCUT2D eigenvalue weighted by Crippen LogP contribution is -2.46. The SMILES string of the molecule is CCNC(=O)Nc1cc(-c2cccc(CN(Cc3cccc(CN)c3)C(=O)C3CC3)c2)ccc1N1CCN(c2ccc(F)cc2)CC1. The predicted octanol–water partition coefficient (Wildman–Crippen LogP) is 6.36. The van der Waals surface area contributed by atoms with Crippen molar-refractivity contribution in [1.82, 2.24) is 10.2 Å². The molecular formula is C38H43FN6O2. The van der Waals surface area contributed by atoms with Gasteiger partial charge in [-0.15, -0.1) is 0 Å². The van der Waals surface area contributed by atoms with Gasteiger partial charge in [-0.25, -0.2) is 9.18 Å². The summed E-state index contributed by atoms with van der Waals surface area (Å²) >= 11 is 0. The molecule has 4 N–H and O–H groups in total. The zero-order valence-corrected chi connectivity index (χ0v) is 26.9.